The van der Waals surface area contributed by atoms with E-state index in [9.17, 15) is 0 Å². The summed E-state index contributed by atoms with van der Waals surface area (Å²) in [5, 5.41) is 0. The average Bonchev–Trinajstić information content (AvgIpc) is 2.52. The molecule has 1 aromatic heterocycles. The van der Waals surface area contributed by atoms with E-state index in [-0.39, 0.29) is 0 Å². The predicted molar refractivity (Wildman–Crippen MR) is 86.5 cm³/mol. The van der Waals surface area contributed by atoms with E-state index >= 15 is 0 Å². The van der Waals surface area contributed by atoms with Crippen LogP contribution in [0, 0.1) is 6.92 Å². The highest BCUT2D eigenvalue weighted by atomic mass is 16.5. The van der Waals surface area contributed by atoms with Gasteiger partial charge in [-0.3, -0.25) is 0 Å². The van der Waals surface area contributed by atoms with Gasteiger partial charge in [-0.2, -0.15) is 0 Å². The van der Waals surface area contributed by atoms with Gasteiger partial charge in [0.1, 0.15) is 11.6 Å². The van der Waals surface area contributed by atoms with Crippen molar-refractivity contribution in [2.24, 2.45) is 0 Å². The summed E-state index contributed by atoms with van der Waals surface area (Å²) in [5.74, 6) is 1.71. The summed E-state index contributed by atoms with van der Waals surface area (Å²) in [5.41, 5.74) is 2.12. The molecule has 0 amide bonds. The topological polar surface area (TPSA) is 35.0 Å². The van der Waals surface area contributed by atoms with Crippen LogP contribution >= 0.6 is 0 Å². The normalized spacial score (nSPS) is 10.6. The quantitative estimate of drug-likeness (QED) is 0.653. The Kier molecular flexibility index (Phi) is 6.20. The van der Waals surface area contributed by atoms with Crippen molar-refractivity contribution in [1.29, 1.82) is 0 Å². The van der Waals surface area contributed by atoms with E-state index in [1.165, 1.54) is 25.7 Å². The maximum Gasteiger partial charge on any atom is 0.125 e. The molecule has 0 radical (unpaired) electrons. The Morgan fingerprint density at radius 3 is 2.48 bits per heavy atom. The number of nitrogens with zero attached hydrogens (tertiary/aromatic N) is 2. The summed E-state index contributed by atoms with van der Waals surface area (Å²) in [6.07, 6.45) is 9.99. The third-order valence-corrected chi connectivity index (χ3v) is 3.46. The lowest BCUT2D eigenvalue weighted by Gasteiger charge is -2.08. The van der Waals surface area contributed by atoms with Gasteiger partial charge in [-0.1, -0.05) is 44.7 Å². The molecule has 0 aliphatic heterocycles. The van der Waals surface area contributed by atoms with Gasteiger partial charge in [0, 0.05) is 18.0 Å². The number of rotatable bonds is 8. The smallest absolute Gasteiger partial charge is 0.125 e. The molecule has 0 aliphatic rings. The molecule has 1 aromatic carbocycles. The van der Waals surface area contributed by atoms with Crippen molar-refractivity contribution in [3.05, 3.63) is 42.5 Å². The summed E-state index contributed by atoms with van der Waals surface area (Å²) >= 11 is 0. The van der Waals surface area contributed by atoms with Crippen LogP contribution in [0.1, 0.15) is 44.9 Å². The number of benzene rings is 1. The lowest BCUT2D eigenvalue weighted by molar-refractivity contribution is 0.304. The molecule has 2 aromatic rings. The molecule has 1 heterocycles. The molecular formula is C18H24N2O. The van der Waals surface area contributed by atoms with Gasteiger partial charge in [0.05, 0.1) is 6.61 Å². The molecule has 0 fully saturated rings. The van der Waals surface area contributed by atoms with E-state index in [2.05, 4.69) is 29.0 Å². The highest BCUT2D eigenvalue weighted by molar-refractivity contribution is 5.63. The van der Waals surface area contributed by atoms with Crippen LogP contribution in [0.3, 0.4) is 0 Å². The second-order valence-electron chi connectivity index (χ2n) is 5.31. The fraction of sp³-hybridized carbons (Fsp3) is 0.444. The number of hydrogen-bond donors (Lipinski definition) is 0. The molecule has 0 spiro atoms. The first-order chi connectivity index (χ1) is 10.3. The van der Waals surface area contributed by atoms with E-state index in [1.54, 1.807) is 0 Å². The number of hydrogen-bond acceptors (Lipinski definition) is 3. The van der Waals surface area contributed by atoms with Gasteiger partial charge in [0.25, 0.3) is 0 Å². The van der Waals surface area contributed by atoms with E-state index in [4.69, 9.17) is 4.74 Å². The van der Waals surface area contributed by atoms with Gasteiger partial charge in [-0.05, 0) is 31.0 Å². The van der Waals surface area contributed by atoms with Crippen LogP contribution in [-0.4, -0.2) is 16.6 Å². The van der Waals surface area contributed by atoms with Crippen LogP contribution < -0.4 is 4.74 Å². The summed E-state index contributed by atoms with van der Waals surface area (Å²) in [4.78, 5) is 8.47. The standard InChI is InChI=1S/C18H24N2O/c1-3-4-5-6-7-11-21-18-10-8-9-16(12-18)17-13-19-15(2)20-14-17/h8-10,12-14H,3-7,11H2,1-2H3. The highest BCUT2D eigenvalue weighted by Crippen LogP contribution is 2.23. The molecule has 0 bridgehead atoms. The fourth-order valence-electron chi connectivity index (χ4n) is 2.20. The third kappa shape index (κ3) is 5.18. The van der Waals surface area contributed by atoms with E-state index in [0.29, 0.717) is 0 Å². The maximum absolute atomic E-state index is 5.83. The van der Waals surface area contributed by atoms with E-state index in [0.717, 1.165) is 35.7 Å². The van der Waals surface area contributed by atoms with Gasteiger partial charge in [0.2, 0.25) is 0 Å². The molecule has 0 unspecified atom stereocenters. The molecule has 21 heavy (non-hydrogen) atoms. The first-order valence-electron chi connectivity index (χ1n) is 7.81. The average molecular weight is 284 g/mol. The Labute approximate surface area is 127 Å². The number of unbranched alkanes of at least 4 members (excludes halogenated alkanes) is 4. The van der Waals surface area contributed by atoms with Gasteiger partial charge in [0.15, 0.2) is 0 Å². The summed E-state index contributed by atoms with van der Waals surface area (Å²) < 4.78 is 5.83. The van der Waals surface area contributed by atoms with Crippen LogP contribution in [0.4, 0.5) is 0 Å². The lowest BCUT2D eigenvalue weighted by Crippen LogP contribution is -1.97. The SMILES string of the molecule is CCCCCCCOc1cccc(-c2cnc(C)nc2)c1. The van der Waals surface area contributed by atoms with Crippen molar-refractivity contribution in [3.63, 3.8) is 0 Å². The molecule has 0 N–H and O–H groups in total. The monoisotopic (exact) mass is 284 g/mol. The van der Waals surface area contributed by atoms with Gasteiger partial charge in [-0.15, -0.1) is 0 Å². The fourth-order valence-corrected chi connectivity index (χ4v) is 2.20. The van der Waals surface area contributed by atoms with Gasteiger partial charge in [-0.25, -0.2) is 9.97 Å². The molecule has 0 saturated heterocycles. The molecule has 112 valence electrons. The van der Waals surface area contributed by atoms with Crippen LogP contribution in [0.2, 0.25) is 0 Å². The lowest BCUT2D eigenvalue weighted by atomic mass is 10.1. The molecular weight excluding hydrogens is 260 g/mol. The first-order valence-corrected chi connectivity index (χ1v) is 7.81. The van der Waals surface area contributed by atoms with Crippen molar-refractivity contribution < 1.29 is 4.74 Å². The molecule has 0 saturated carbocycles. The zero-order valence-corrected chi connectivity index (χ0v) is 13.0. The molecule has 0 aliphatic carbocycles. The van der Waals surface area contributed by atoms with E-state index < -0.39 is 0 Å². The second kappa shape index (κ2) is 8.40. The number of aromatic nitrogens is 2. The maximum atomic E-state index is 5.83. The highest BCUT2D eigenvalue weighted by Gasteiger charge is 2.01. The van der Waals surface area contributed by atoms with Crippen molar-refractivity contribution in [3.8, 4) is 16.9 Å². The minimum absolute atomic E-state index is 0.789. The zero-order chi connectivity index (χ0) is 14.9. The minimum atomic E-state index is 0.789. The molecule has 0 atom stereocenters. The number of ether oxygens (including phenoxy) is 1. The van der Waals surface area contributed by atoms with Crippen molar-refractivity contribution in [1.82, 2.24) is 9.97 Å². The Hall–Kier alpha value is -1.90. The Morgan fingerprint density at radius 1 is 0.952 bits per heavy atom. The van der Waals surface area contributed by atoms with Crippen molar-refractivity contribution in [2.45, 2.75) is 46.0 Å². The summed E-state index contributed by atoms with van der Waals surface area (Å²) in [7, 11) is 0. The van der Waals surface area contributed by atoms with E-state index in [1.807, 2.05) is 31.5 Å². The van der Waals surface area contributed by atoms with Crippen LogP contribution in [0.15, 0.2) is 36.7 Å². The minimum Gasteiger partial charge on any atom is -0.494 e. The Morgan fingerprint density at radius 2 is 1.71 bits per heavy atom. The third-order valence-electron chi connectivity index (χ3n) is 3.46. The van der Waals surface area contributed by atoms with Gasteiger partial charge >= 0.3 is 0 Å². The van der Waals surface area contributed by atoms with Crippen LogP contribution in [-0.2, 0) is 0 Å². The van der Waals surface area contributed by atoms with Crippen LogP contribution in [0.5, 0.6) is 5.75 Å². The zero-order valence-electron chi connectivity index (χ0n) is 13.0. The van der Waals surface area contributed by atoms with Crippen molar-refractivity contribution in [2.75, 3.05) is 6.61 Å². The van der Waals surface area contributed by atoms with Crippen LogP contribution in [0.25, 0.3) is 11.1 Å². The predicted octanol–water partition coefficient (Wildman–Crippen LogP) is 4.80. The molecule has 3 nitrogen and oxygen atoms in total. The summed E-state index contributed by atoms with van der Waals surface area (Å²) in [6, 6.07) is 8.13. The second-order valence-corrected chi connectivity index (χ2v) is 5.31. The Bertz CT molecular complexity index is 537. The summed E-state index contributed by atoms with van der Waals surface area (Å²) in [6.45, 7) is 4.91. The molecule has 3 heteroatoms. The first kappa shape index (κ1) is 15.5. The van der Waals surface area contributed by atoms with Crippen molar-refractivity contribution >= 4 is 0 Å². The largest absolute Gasteiger partial charge is 0.494 e. The Balaban J connectivity index is 1.87. The molecule has 2 rings (SSSR count). The van der Waals surface area contributed by atoms with Gasteiger partial charge < -0.3 is 4.74 Å². The number of aryl methyl sites for hydroxylation is 1.